The van der Waals surface area contributed by atoms with Crippen LogP contribution in [0.2, 0.25) is 0 Å². The van der Waals surface area contributed by atoms with Crippen molar-refractivity contribution < 1.29 is 28.2 Å². The number of anilines is 1. The van der Waals surface area contributed by atoms with Crippen molar-refractivity contribution >= 4 is 35.4 Å². The molecule has 0 aromatic heterocycles. The van der Waals surface area contributed by atoms with Gasteiger partial charge in [0.25, 0.3) is 5.91 Å². The normalized spacial score (nSPS) is 10.0. The van der Waals surface area contributed by atoms with E-state index in [1.807, 2.05) is 11.6 Å². The zero-order chi connectivity index (χ0) is 19.8. The predicted molar refractivity (Wildman–Crippen MR) is 98.6 cm³/mol. The van der Waals surface area contributed by atoms with Gasteiger partial charge in [-0.1, -0.05) is 12.1 Å². The Labute approximate surface area is 159 Å². The fourth-order valence-electron chi connectivity index (χ4n) is 2.05. The molecule has 0 saturated carbocycles. The number of rotatable bonds is 6. The molecule has 2 aromatic carbocycles. The molecular formula is C18H17FN2O5S. The maximum Gasteiger partial charge on any atom is 0.342 e. The number of para-hydroxylation sites is 1. The second-order valence-corrected chi connectivity index (χ2v) is 6.00. The Hall–Kier alpha value is -3.07. The van der Waals surface area contributed by atoms with Gasteiger partial charge >= 0.3 is 12.0 Å². The summed E-state index contributed by atoms with van der Waals surface area (Å²) in [5.41, 5.74) is 0.0670. The molecule has 2 rings (SSSR count). The van der Waals surface area contributed by atoms with Crippen molar-refractivity contribution in [1.82, 2.24) is 5.32 Å². The van der Waals surface area contributed by atoms with Gasteiger partial charge in [-0.25, -0.2) is 14.0 Å². The summed E-state index contributed by atoms with van der Waals surface area (Å²) in [5, 5.41) is 4.12. The van der Waals surface area contributed by atoms with Gasteiger partial charge in [0.1, 0.15) is 17.1 Å². The van der Waals surface area contributed by atoms with E-state index in [4.69, 9.17) is 9.47 Å². The van der Waals surface area contributed by atoms with Crippen LogP contribution in [-0.4, -0.2) is 37.9 Å². The molecule has 0 bridgehead atoms. The van der Waals surface area contributed by atoms with Gasteiger partial charge in [-0.05, 0) is 36.6 Å². The van der Waals surface area contributed by atoms with E-state index in [1.165, 1.54) is 43.1 Å². The largest absolute Gasteiger partial charge is 0.496 e. The van der Waals surface area contributed by atoms with E-state index in [0.717, 1.165) is 11.0 Å². The number of hydrogen-bond donors (Lipinski definition) is 2. The summed E-state index contributed by atoms with van der Waals surface area (Å²) in [6.07, 6.45) is 1.88. The number of nitrogens with one attached hydrogen (secondary N) is 2. The first kappa shape index (κ1) is 20.2. The maximum absolute atomic E-state index is 13.4. The smallest absolute Gasteiger partial charge is 0.342 e. The number of imide groups is 1. The van der Waals surface area contributed by atoms with Gasteiger partial charge in [0, 0.05) is 4.90 Å². The summed E-state index contributed by atoms with van der Waals surface area (Å²) in [6.45, 7) is -0.684. The van der Waals surface area contributed by atoms with Gasteiger partial charge in [-0.2, -0.15) is 0 Å². The number of hydrogen-bond acceptors (Lipinski definition) is 6. The Bertz CT molecular complexity index is 859. The van der Waals surface area contributed by atoms with Crippen molar-refractivity contribution in [2.75, 3.05) is 25.3 Å². The first-order valence-electron chi connectivity index (χ1n) is 7.69. The standard InChI is InChI=1S/C18H17FN2O5S/c1-25-15-9-11(27-2)7-8-12(15)17(23)26-10-16(22)21-18(24)20-14-6-4-3-5-13(14)19/h3-9H,10H2,1-2H3,(H2,20,21,22,24). The van der Waals surface area contributed by atoms with E-state index in [2.05, 4.69) is 5.32 Å². The average Bonchev–Trinajstić information content (AvgIpc) is 2.67. The third-order valence-corrected chi connectivity index (χ3v) is 4.06. The summed E-state index contributed by atoms with van der Waals surface area (Å²) in [6, 6.07) is 9.45. The SMILES string of the molecule is COc1cc(SC)ccc1C(=O)OCC(=O)NC(=O)Nc1ccccc1F. The summed E-state index contributed by atoms with van der Waals surface area (Å²) in [7, 11) is 1.41. The molecule has 2 aromatic rings. The first-order chi connectivity index (χ1) is 12.9. The number of esters is 1. The van der Waals surface area contributed by atoms with E-state index in [9.17, 15) is 18.8 Å². The number of amides is 3. The van der Waals surface area contributed by atoms with E-state index in [1.54, 1.807) is 12.1 Å². The van der Waals surface area contributed by atoms with Crippen molar-refractivity contribution in [3.63, 3.8) is 0 Å². The number of carbonyl (C=O) groups excluding carboxylic acids is 3. The molecule has 0 unspecified atom stereocenters. The van der Waals surface area contributed by atoms with Gasteiger partial charge in [0.2, 0.25) is 0 Å². The van der Waals surface area contributed by atoms with Crippen LogP contribution in [-0.2, 0) is 9.53 Å². The molecule has 9 heteroatoms. The monoisotopic (exact) mass is 392 g/mol. The summed E-state index contributed by atoms with van der Waals surface area (Å²) in [5.74, 6) is -1.97. The van der Waals surface area contributed by atoms with E-state index >= 15 is 0 Å². The highest BCUT2D eigenvalue weighted by molar-refractivity contribution is 7.98. The summed E-state index contributed by atoms with van der Waals surface area (Å²) < 4.78 is 23.5. The lowest BCUT2D eigenvalue weighted by atomic mass is 10.2. The van der Waals surface area contributed by atoms with Gasteiger partial charge in [0.05, 0.1) is 12.8 Å². The highest BCUT2D eigenvalue weighted by Gasteiger charge is 2.17. The van der Waals surface area contributed by atoms with E-state index < -0.39 is 30.3 Å². The van der Waals surface area contributed by atoms with Crippen LogP contribution in [0.3, 0.4) is 0 Å². The second-order valence-electron chi connectivity index (χ2n) is 5.12. The fraction of sp³-hybridized carbons (Fsp3) is 0.167. The molecule has 0 aliphatic heterocycles. The minimum atomic E-state index is -0.942. The zero-order valence-corrected chi connectivity index (χ0v) is 15.4. The zero-order valence-electron chi connectivity index (χ0n) is 14.6. The predicted octanol–water partition coefficient (Wildman–Crippen LogP) is 3.06. The lowest BCUT2D eigenvalue weighted by molar-refractivity contribution is -0.123. The molecule has 142 valence electrons. The van der Waals surface area contributed by atoms with Crippen LogP contribution in [0, 0.1) is 5.82 Å². The molecule has 0 atom stereocenters. The Morgan fingerprint density at radius 3 is 2.56 bits per heavy atom. The van der Waals surface area contributed by atoms with Crippen molar-refractivity contribution in [3.8, 4) is 5.75 Å². The highest BCUT2D eigenvalue weighted by atomic mass is 32.2. The number of halogens is 1. The number of benzene rings is 2. The van der Waals surface area contributed by atoms with Crippen LogP contribution in [0.15, 0.2) is 47.4 Å². The Morgan fingerprint density at radius 1 is 1.15 bits per heavy atom. The van der Waals surface area contributed by atoms with Crippen molar-refractivity contribution in [3.05, 3.63) is 53.8 Å². The molecule has 0 heterocycles. The van der Waals surface area contributed by atoms with Crippen molar-refractivity contribution in [1.29, 1.82) is 0 Å². The van der Waals surface area contributed by atoms with Crippen LogP contribution in [0.25, 0.3) is 0 Å². The third kappa shape index (κ3) is 5.71. The number of ether oxygens (including phenoxy) is 2. The van der Waals surface area contributed by atoms with Gasteiger partial charge in [-0.15, -0.1) is 11.8 Å². The quantitative estimate of drug-likeness (QED) is 0.580. The number of methoxy groups -OCH3 is 1. The molecule has 0 saturated heterocycles. The van der Waals surface area contributed by atoms with Crippen LogP contribution in [0.4, 0.5) is 14.9 Å². The fourth-order valence-corrected chi connectivity index (χ4v) is 2.48. The third-order valence-electron chi connectivity index (χ3n) is 3.34. The molecule has 0 aliphatic carbocycles. The van der Waals surface area contributed by atoms with Crippen LogP contribution in [0.1, 0.15) is 10.4 Å². The molecule has 3 amide bonds. The van der Waals surface area contributed by atoms with Crippen LogP contribution in [0.5, 0.6) is 5.75 Å². The molecular weight excluding hydrogens is 375 g/mol. The molecule has 2 N–H and O–H groups in total. The van der Waals surface area contributed by atoms with Crippen molar-refractivity contribution in [2.24, 2.45) is 0 Å². The summed E-state index contributed by atoms with van der Waals surface area (Å²) in [4.78, 5) is 36.4. The van der Waals surface area contributed by atoms with Gasteiger partial charge in [-0.3, -0.25) is 10.1 Å². The topological polar surface area (TPSA) is 93.7 Å². The molecule has 7 nitrogen and oxygen atoms in total. The number of thioether (sulfide) groups is 1. The first-order valence-corrected chi connectivity index (χ1v) is 8.91. The van der Waals surface area contributed by atoms with Gasteiger partial charge in [0.15, 0.2) is 6.61 Å². The van der Waals surface area contributed by atoms with Crippen LogP contribution < -0.4 is 15.4 Å². The molecule has 0 spiro atoms. The van der Waals surface area contributed by atoms with Crippen molar-refractivity contribution in [2.45, 2.75) is 4.90 Å². The maximum atomic E-state index is 13.4. The molecule has 27 heavy (non-hydrogen) atoms. The lowest BCUT2D eigenvalue weighted by Gasteiger charge is -2.10. The van der Waals surface area contributed by atoms with E-state index in [-0.39, 0.29) is 11.3 Å². The van der Waals surface area contributed by atoms with Gasteiger partial charge < -0.3 is 14.8 Å². The Balaban J connectivity index is 1.89. The average molecular weight is 392 g/mol. The Kier molecular flexibility index (Phi) is 7.18. The van der Waals surface area contributed by atoms with E-state index in [0.29, 0.717) is 5.75 Å². The van der Waals surface area contributed by atoms with Crippen LogP contribution >= 0.6 is 11.8 Å². The second kappa shape index (κ2) is 9.58. The molecule has 0 fully saturated rings. The molecule has 0 radical (unpaired) electrons. The summed E-state index contributed by atoms with van der Waals surface area (Å²) >= 11 is 1.48. The Morgan fingerprint density at radius 2 is 1.89 bits per heavy atom. The number of carbonyl (C=O) groups is 3. The molecule has 0 aliphatic rings. The lowest BCUT2D eigenvalue weighted by Crippen LogP contribution is -2.37. The highest BCUT2D eigenvalue weighted by Crippen LogP contribution is 2.25. The minimum absolute atomic E-state index is 0.0848. The minimum Gasteiger partial charge on any atom is -0.496 e. The number of urea groups is 1.